The van der Waals surface area contributed by atoms with Gasteiger partial charge in [0.15, 0.2) is 0 Å². The minimum atomic E-state index is 0.350. The van der Waals surface area contributed by atoms with E-state index < -0.39 is 0 Å². The SMILES string of the molecule is CC(C)c1nc(Br)cc(NCC2CSCCS2)n1. The van der Waals surface area contributed by atoms with E-state index in [1.165, 1.54) is 17.3 Å². The Morgan fingerprint density at radius 1 is 1.44 bits per heavy atom. The van der Waals surface area contributed by atoms with Gasteiger partial charge in [0, 0.05) is 41.0 Å². The highest BCUT2D eigenvalue weighted by molar-refractivity contribution is 9.10. The van der Waals surface area contributed by atoms with Crippen LogP contribution < -0.4 is 5.32 Å². The zero-order valence-electron chi connectivity index (χ0n) is 10.6. The van der Waals surface area contributed by atoms with Crippen LogP contribution in [0.25, 0.3) is 0 Å². The van der Waals surface area contributed by atoms with Crippen molar-refractivity contribution in [3.63, 3.8) is 0 Å². The van der Waals surface area contributed by atoms with Crippen LogP contribution in [-0.2, 0) is 0 Å². The molecule has 1 atom stereocenters. The van der Waals surface area contributed by atoms with Crippen molar-refractivity contribution >= 4 is 45.3 Å². The summed E-state index contributed by atoms with van der Waals surface area (Å²) < 4.78 is 0.856. The molecule has 3 nitrogen and oxygen atoms in total. The van der Waals surface area contributed by atoms with Crippen LogP contribution in [0.15, 0.2) is 10.7 Å². The van der Waals surface area contributed by atoms with Crippen LogP contribution in [0, 0.1) is 0 Å². The predicted octanol–water partition coefficient (Wildman–Crippen LogP) is 3.62. The Balaban J connectivity index is 1.95. The molecule has 0 aromatic carbocycles. The first-order chi connectivity index (χ1) is 8.65. The maximum absolute atomic E-state index is 4.55. The normalized spacial score (nSPS) is 20.1. The molecule has 2 heterocycles. The molecule has 0 saturated carbocycles. The third kappa shape index (κ3) is 4.31. The first kappa shape index (κ1) is 14.5. The molecular formula is C12H18BrN3S2. The molecule has 1 aromatic rings. The summed E-state index contributed by atoms with van der Waals surface area (Å²) in [6.45, 7) is 5.21. The van der Waals surface area contributed by atoms with Gasteiger partial charge < -0.3 is 5.32 Å². The van der Waals surface area contributed by atoms with Gasteiger partial charge in [0.05, 0.1) is 0 Å². The van der Waals surface area contributed by atoms with Crippen molar-refractivity contribution < 1.29 is 0 Å². The predicted molar refractivity (Wildman–Crippen MR) is 85.9 cm³/mol. The van der Waals surface area contributed by atoms with Crippen LogP contribution in [0.1, 0.15) is 25.6 Å². The number of aromatic nitrogens is 2. The van der Waals surface area contributed by atoms with Crippen LogP contribution in [0.2, 0.25) is 0 Å². The summed E-state index contributed by atoms with van der Waals surface area (Å²) in [5.74, 6) is 5.96. The van der Waals surface area contributed by atoms with E-state index in [0.717, 1.165) is 22.8 Å². The average Bonchev–Trinajstić information content (AvgIpc) is 2.37. The Morgan fingerprint density at radius 2 is 2.28 bits per heavy atom. The fourth-order valence-electron chi connectivity index (χ4n) is 1.66. The van der Waals surface area contributed by atoms with Gasteiger partial charge in [-0.2, -0.15) is 23.5 Å². The van der Waals surface area contributed by atoms with Crippen molar-refractivity contribution in [2.75, 3.05) is 29.1 Å². The van der Waals surface area contributed by atoms with Crippen molar-refractivity contribution in [1.29, 1.82) is 0 Å². The number of hydrogen-bond acceptors (Lipinski definition) is 5. The molecule has 100 valence electrons. The van der Waals surface area contributed by atoms with Crippen molar-refractivity contribution in [2.45, 2.75) is 25.0 Å². The molecule has 1 aromatic heterocycles. The highest BCUT2D eigenvalue weighted by Gasteiger charge is 2.14. The fraction of sp³-hybridized carbons (Fsp3) is 0.667. The molecule has 0 radical (unpaired) electrons. The highest BCUT2D eigenvalue weighted by Crippen LogP contribution is 2.24. The number of nitrogens with zero attached hydrogens (tertiary/aromatic N) is 2. The molecule has 2 rings (SSSR count). The highest BCUT2D eigenvalue weighted by atomic mass is 79.9. The zero-order chi connectivity index (χ0) is 13.0. The maximum atomic E-state index is 4.55. The molecule has 1 aliphatic heterocycles. The van der Waals surface area contributed by atoms with Gasteiger partial charge in [-0.3, -0.25) is 0 Å². The smallest absolute Gasteiger partial charge is 0.134 e. The molecule has 6 heteroatoms. The van der Waals surface area contributed by atoms with Crippen LogP contribution in [0.3, 0.4) is 0 Å². The lowest BCUT2D eigenvalue weighted by Gasteiger charge is -2.21. The second-order valence-electron chi connectivity index (χ2n) is 4.54. The first-order valence-corrected chi connectivity index (χ1v) is 9.12. The number of hydrogen-bond donors (Lipinski definition) is 1. The summed E-state index contributed by atoms with van der Waals surface area (Å²) in [6.07, 6.45) is 0. The summed E-state index contributed by atoms with van der Waals surface area (Å²) in [4.78, 5) is 8.93. The lowest BCUT2D eigenvalue weighted by molar-refractivity contribution is 0.769. The number of nitrogens with one attached hydrogen (secondary N) is 1. The third-order valence-corrected chi connectivity index (χ3v) is 5.88. The molecule has 1 fully saturated rings. The Morgan fingerprint density at radius 3 is 2.94 bits per heavy atom. The Bertz CT molecular complexity index is 395. The van der Waals surface area contributed by atoms with Crippen molar-refractivity contribution in [2.24, 2.45) is 0 Å². The van der Waals surface area contributed by atoms with Gasteiger partial charge in [0.25, 0.3) is 0 Å². The van der Waals surface area contributed by atoms with Crippen LogP contribution in [0.5, 0.6) is 0 Å². The van der Waals surface area contributed by atoms with Gasteiger partial charge in [-0.15, -0.1) is 0 Å². The van der Waals surface area contributed by atoms with Gasteiger partial charge in [-0.1, -0.05) is 13.8 Å². The summed E-state index contributed by atoms with van der Waals surface area (Å²) in [6, 6.07) is 1.95. The van der Waals surface area contributed by atoms with Gasteiger partial charge in [0.2, 0.25) is 0 Å². The molecule has 1 unspecified atom stereocenters. The van der Waals surface area contributed by atoms with E-state index in [-0.39, 0.29) is 0 Å². The minimum absolute atomic E-state index is 0.350. The van der Waals surface area contributed by atoms with E-state index in [9.17, 15) is 0 Å². The fourth-order valence-corrected chi connectivity index (χ4v) is 4.67. The van der Waals surface area contributed by atoms with Gasteiger partial charge in [-0.05, 0) is 15.9 Å². The zero-order valence-corrected chi connectivity index (χ0v) is 13.9. The summed E-state index contributed by atoms with van der Waals surface area (Å²) in [5.41, 5.74) is 0. The Labute approximate surface area is 125 Å². The largest absolute Gasteiger partial charge is 0.369 e. The number of rotatable bonds is 4. The van der Waals surface area contributed by atoms with E-state index >= 15 is 0 Å². The molecule has 1 aliphatic rings. The standard InChI is InChI=1S/C12H18BrN3S2/c1-8(2)12-15-10(13)5-11(16-12)14-6-9-7-17-3-4-18-9/h5,8-9H,3-4,6-7H2,1-2H3,(H,14,15,16). The van der Waals surface area contributed by atoms with Crippen molar-refractivity contribution in [3.05, 3.63) is 16.5 Å². The van der Waals surface area contributed by atoms with E-state index in [1.54, 1.807) is 0 Å². The molecule has 1 saturated heterocycles. The summed E-state index contributed by atoms with van der Waals surface area (Å²) in [5, 5.41) is 4.13. The van der Waals surface area contributed by atoms with Crippen LogP contribution in [-0.4, -0.2) is 39.0 Å². The Hall–Kier alpha value is 0.0600. The lowest BCUT2D eigenvalue weighted by Crippen LogP contribution is -2.23. The van der Waals surface area contributed by atoms with Gasteiger partial charge in [-0.25, -0.2) is 9.97 Å². The number of anilines is 1. The molecule has 18 heavy (non-hydrogen) atoms. The Kier molecular flexibility index (Phi) is 5.63. The van der Waals surface area contributed by atoms with E-state index in [2.05, 4.69) is 56.8 Å². The molecule has 0 aliphatic carbocycles. The maximum Gasteiger partial charge on any atom is 0.134 e. The monoisotopic (exact) mass is 347 g/mol. The van der Waals surface area contributed by atoms with E-state index in [1.807, 2.05) is 17.8 Å². The van der Waals surface area contributed by atoms with Crippen LogP contribution >= 0.6 is 39.5 Å². The molecule has 0 amide bonds. The van der Waals surface area contributed by atoms with Crippen LogP contribution in [0.4, 0.5) is 5.82 Å². The number of halogens is 1. The van der Waals surface area contributed by atoms with Crippen molar-refractivity contribution in [3.8, 4) is 0 Å². The lowest BCUT2D eigenvalue weighted by atomic mass is 10.2. The van der Waals surface area contributed by atoms with E-state index in [4.69, 9.17) is 0 Å². The third-order valence-electron chi connectivity index (χ3n) is 2.62. The van der Waals surface area contributed by atoms with E-state index in [0.29, 0.717) is 11.2 Å². The minimum Gasteiger partial charge on any atom is -0.369 e. The second kappa shape index (κ2) is 7.01. The molecule has 0 spiro atoms. The first-order valence-electron chi connectivity index (χ1n) is 6.13. The number of thioether (sulfide) groups is 2. The quantitative estimate of drug-likeness (QED) is 0.842. The summed E-state index contributed by atoms with van der Waals surface area (Å²) >= 11 is 7.55. The second-order valence-corrected chi connectivity index (χ2v) is 7.91. The van der Waals surface area contributed by atoms with Gasteiger partial charge in [0.1, 0.15) is 16.2 Å². The van der Waals surface area contributed by atoms with Crippen molar-refractivity contribution in [1.82, 2.24) is 9.97 Å². The molecular weight excluding hydrogens is 330 g/mol. The molecule has 0 bridgehead atoms. The van der Waals surface area contributed by atoms with Gasteiger partial charge >= 0.3 is 0 Å². The molecule has 1 N–H and O–H groups in total. The topological polar surface area (TPSA) is 37.8 Å². The average molecular weight is 348 g/mol. The summed E-state index contributed by atoms with van der Waals surface area (Å²) in [7, 11) is 0.